The van der Waals surface area contributed by atoms with Crippen LogP contribution >= 0.6 is 0 Å². The van der Waals surface area contributed by atoms with Crippen LogP contribution in [0.3, 0.4) is 0 Å². The van der Waals surface area contributed by atoms with Crippen LogP contribution in [0.15, 0.2) is 12.3 Å². The second kappa shape index (κ2) is 6.31. The van der Waals surface area contributed by atoms with E-state index in [1.807, 2.05) is 27.7 Å². The van der Waals surface area contributed by atoms with Gasteiger partial charge in [-0.15, -0.1) is 0 Å². The number of carbonyl (C=O) groups excluding carboxylic acids is 1. The Morgan fingerprint density at radius 1 is 1.45 bits per heavy atom. The standard InChI is InChI=1S/C13H20N4O3/c1-5-6-14-11-10(12(18)16-13(2,3)4)7-9(8-15-11)17(19)20/h7-8H,5-6H2,1-4H3,(H,14,15)(H,16,18). The summed E-state index contributed by atoms with van der Waals surface area (Å²) in [7, 11) is 0. The largest absolute Gasteiger partial charge is 0.369 e. The van der Waals surface area contributed by atoms with Crippen molar-refractivity contribution in [1.29, 1.82) is 0 Å². The van der Waals surface area contributed by atoms with Gasteiger partial charge in [-0.25, -0.2) is 4.98 Å². The molecule has 1 heterocycles. The number of hydrogen-bond acceptors (Lipinski definition) is 5. The van der Waals surface area contributed by atoms with Gasteiger partial charge in [-0.2, -0.15) is 0 Å². The van der Waals surface area contributed by atoms with Crippen molar-refractivity contribution in [3.8, 4) is 0 Å². The second-order valence-electron chi connectivity index (χ2n) is 5.48. The molecular weight excluding hydrogens is 260 g/mol. The van der Waals surface area contributed by atoms with Crippen LogP contribution < -0.4 is 10.6 Å². The molecule has 1 amide bonds. The molecule has 1 rings (SSSR count). The lowest BCUT2D eigenvalue weighted by Crippen LogP contribution is -2.41. The number of aromatic nitrogens is 1. The lowest BCUT2D eigenvalue weighted by Gasteiger charge is -2.21. The molecule has 0 bridgehead atoms. The van der Waals surface area contributed by atoms with Gasteiger partial charge in [0.05, 0.1) is 10.5 Å². The van der Waals surface area contributed by atoms with Crippen LogP contribution in [0.5, 0.6) is 0 Å². The molecule has 0 saturated carbocycles. The number of pyridine rings is 1. The average Bonchev–Trinajstić information content (AvgIpc) is 2.33. The van der Waals surface area contributed by atoms with E-state index >= 15 is 0 Å². The van der Waals surface area contributed by atoms with Gasteiger partial charge in [-0.05, 0) is 27.2 Å². The van der Waals surface area contributed by atoms with Crippen molar-refractivity contribution in [2.24, 2.45) is 0 Å². The number of hydrogen-bond donors (Lipinski definition) is 2. The fourth-order valence-corrected chi connectivity index (χ4v) is 1.52. The summed E-state index contributed by atoms with van der Waals surface area (Å²) in [5.41, 5.74) is -0.447. The molecule has 0 saturated heterocycles. The molecule has 0 aliphatic rings. The molecule has 20 heavy (non-hydrogen) atoms. The van der Waals surface area contributed by atoms with Gasteiger partial charge in [0.15, 0.2) is 0 Å². The van der Waals surface area contributed by atoms with E-state index < -0.39 is 10.5 Å². The Morgan fingerprint density at radius 3 is 2.60 bits per heavy atom. The third kappa shape index (κ3) is 4.49. The highest BCUT2D eigenvalue weighted by Gasteiger charge is 2.21. The van der Waals surface area contributed by atoms with E-state index in [4.69, 9.17) is 0 Å². The number of anilines is 1. The van der Waals surface area contributed by atoms with Crippen LogP contribution in [-0.4, -0.2) is 27.9 Å². The van der Waals surface area contributed by atoms with Crippen LogP contribution in [-0.2, 0) is 0 Å². The number of nitrogens with zero attached hydrogens (tertiary/aromatic N) is 2. The Kier molecular flexibility index (Phi) is 5.01. The lowest BCUT2D eigenvalue weighted by molar-refractivity contribution is -0.385. The van der Waals surface area contributed by atoms with Gasteiger partial charge in [0, 0.05) is 18.2 Å². The van der Waals surface area contributed by atoms with E-state index in [9.17, 15) is 14.9 Å². The maximum Gasteiger partial charge on any atom is 0.288 e. The SMILES string of the molecule is CCCNc1ncc([N+](=O)[O-])cc1C(=O)NC(C)(C)C. The first-order chi connectivity index (χ1) is 9.24. The van der Waals surface area contributed by atoms with Crippen LogP contribution in [0.1, 0.15) is 44.5 Å². The van der Waals surface area contributed by atoms with E-state index in [0.717, 1.165) is 12.6 Å². The van der Waals surface area contributed by atoms with E-state index in [1.165, 1.54) is 6.07 Å². The lowest BCUT2D eigenvalue weighted by atomic mass is 10.1. The Bertz CT molecular complexity index is 509. The monoisotopic (exact) mass is 280 g/mol. The van der Waals surface area contributed by atoms with Crippen LogP contribution in [0.25, 0.3) is 0 Å². The molecule has 7 heteroatoms. The van der Waals surface area contributed by atoms with Gasteiger partial charge in [-0.1, -0.05) is 6.92 Å². The normalized spacial score (nSPS) is 11.0. The Balaban J connectivity index is 3.13. The van der Waals surface area contributed by atoms with Gasteiger partial charge in [0.1, 0.15) is 12.0 Å². The molecule has 2 N–H and O–H groups in total. The smallest absolute Gasteiger partial charge is 0.288 e. The quantitative estimate of drug-likeness (QED) is 0.637. The van der Waals surface area contributed by atoms with Gasteiger partial charge < -0.3 is 10.6 Å². The van der Waals surface area contributed by atoms with Gasteiger partial charge in [0.2, 0.25) is 0 Å². The molecule has 110 valence electrons. The summed E-state index contributed by atoms with van der Waals surface area (Å²) in [6.45, 7) is 8.15. The fourth-order valence-electron chi connectivity index (χ4n) is 1.52. The number of nitro groups is 1. The molecule has 0 fully saturated rings. The molecule has 1 aromatic heterocycles. The second-order valence-corrected chi connectivity index (χ2v) is 5.48. The van der Waals surface area contributed by atoms with E-state index in [1.54, 1.807) is 0 Å². The van der Waals surface area contributed by atoms with Gasteiger partial charge in [-0.3, -0.25) is 14.9 Å². The molecule has 1 aromatic rings. The molecule has 0 aromatic carbocycles. The Hall–Kier alpha value is -2.18. The molecular formula is C13H20N4O3. The Morgan fingerprint density at radius 2 is 2.10 bits per heavy atom. The molecule has 0 spiro atoms. The minimum Gasteiger partial charge on any atom is -0.369 e. The van der Waals surface area contributed by atoms with Crippen molar-refractivity contribution in [3.05, 3.63) is 27.9 Å². The minimum absolute atomic E-state index is 0.183. The predicted molar refractivity (Wildman–Crippen MR) is 76.9 cm³/mol. The van der Waals surface area contributed by atoms with Crippen molar-refractivity contribution >= 4 is 17.4 Å². The minimum atomic E-state index is -0.565. The fraction of sp³-hybridized carbons (Fsp3) is 0.538. The molecule has 0 unspecified atom stereocenters. The average molecular weight is 280 g/mol. The van der Waals surface area contributed by atoms with Gasteiger partial charge in [0.25, 0.3) is 11.6 Å². The number of nitrogens with one attached hydrogen (secondary N) is 2. The third-order valence-electron chi connectivity index (χ3n) is 2.36. The predicted octanol–water partition coefficient (Wildman–Crippen LogP) is 2.34. The highest BCUT2D eigenvalue weighted by molar-refractivity contribution is 5.99. The van der Waals surface area contributed by atoms with E-state index in [-0.39, 0.29) is 17.2 Å². The highest BCUT2D eigenvalue weighted by atomic mass is 16.6. The summed E-state index contributed by atoms with van der Waals surface area (Å²) in [6.07, 6.45) is 2.00. The van der Waals surface area contributed by atoms with Gasteiger partial charge >= 0.3 is 0 Å². The van der Waals surface area contributed by atoms with Crippen LogP contribution in [0, 0.1) is 10.1 Å². The molecule has 0 aliphatic heterocycles. The van der Waals surface area contributed by atoms with Crippen LogP contribution in [0.2, 0.25) is 0 Å². The van der Waals surface area contributed by atoms with Crippen molar-refractivity contribution in [1.82, 2.24) is 10.3 Å². The van der Waals surface area contributed by atoms with Crippen molar-refractivity contribution in [3.63, 3.8) is 0 Å². The topological polar surface area (TPSA) is 97.2 Å². The first-order valence-corrected chi connectivity index (χ1v) is 6.45. The number of rotatable bonds is 5. The highest BCUT2D eigenvalue weighted by Crippen LogP contribution is 2.20. The van der Waals surface area contributed by atoms with Crippen molar-refractivity contribution in [2.75, 3.05) is 11.9 Å². The Labute approximate surface area is 117 Å². The third-order valence-corrected chi connectivity index (χ3v) is 2.36. The van der Waals surface area contributed by atoms with E-state index in [0.29, 0.717) is 12.4 Å². The first-order valence-electron chi connectivity index (χ1n) is 6.45. The molecule has 0 aliphatic carbocycles. The summed E-state index contributed by atoms with van der Waals surface area (Å²) in [5, 5.41) is 16.6. The number of amides is 1. The summed E-state index contributed by atoms with van der Waals surface area (Å²) < 4.78 is 0. The molecule has 0 atom stereocenters. The summed E-state index contributed by atoms with van der Waals surface area (Å²) >= 11 is 0. The molecule has 7 nitrogen and oxygen atoms in total. The van der Waals surface area contributed by atoms with Crippen LogP contribution in [0.4, 0.5) is 11.5 Å². The maximum absolute atomic E-state index is 12.2. The maximum atomic E-state index is 12.2. The first kappa shape index (κ1) is 15.9. The number of carbonyl (C=O) groups is 1. The zero-order valence-corrected chi connectivity index (χ0v) is 12.2. The summed E-state index contributed by atoms with van der Waals surface area (Å²) in [6, 6.07) is 1.24. The van der Waals surface area contributed by atoms with E-state index in [2.05, 4.69) is 15.6 Å². The zero-order chi connectivity index (χ0) is 15.3. The molecule has 0 radical (unpaired) electrons. The zero-order valence-electron chi connectivity index (χ0n) is 12.2. The summed E-state index contributed by atoms with van der Waals surface area (Å²) in [5.74, 6) is -0.0218. The van der Waals surface area contributed by atoms with Crippen molar-refractivity contribution < 1.29 is 9.72 Å². The summed E-state index contributed by atoms with van der Waals surface area (Å²) in [4.78, 5) is 26.4. The van der Waals surface area contributed by atoms with Crippen molar-refractivity contribution in [2.45, 2.75) is 39.7 Å².